The minimum Gasteiger partial charge on any atom is -0.273 e. The highest BCUT2D eigenvalue weighted by Gasteiger charge is 2.17. The highest BCUT2D eigenvalue weighted by atomic mass is 32.2. The topological polar surface area (TPSA) is 139 Å². The van der Waals surface area contributed by atoms with Crippen LogP contribution in [0.2, 0.25) is 0 Å². The molecule has 174 valence electrons. The average molecular weight is 476 g/mol. The molecular formula is C21H22FN5O5S. The lowest BCUT2D eigenvalue weighted by Gasteiger charge is -2.11. The fourth-order valence-electron chi connectivity index (χ4n) is 3.02. The SMILES string of the molecule is CCn1nc(C(=O)NNC(=O)CCCNS(=O)(=O)c2ccc(F)cc2)c2ccccc2c1=O. The monoisotopic (exact) mass is 475 g/mol. The van der Waals surface area contributed by atoms with Crippen molar-refractivity contribution in [1.82, 2.24) is 25.4 Å². The summed E-state index contributed by atoms with van der Waals surface area (Å²) in [5.74, 6) is -1.79. The molecule has 12 heteroatoms. The summed E-state index contributed by atoms with van der Waals surface area (Å²) in [4.78, 5) is 36.9. The predicted octanol–water partition coefficient (Wildman–Crippen LogP) is 1.08. The molecule has 0 aliphatic rings. The van der Waals surface area contributed by atoms with E-state index in [0.29, 0.717) is 10.8 Å². The van der Waals surface area contributed by atoms with Crippen LogP contribution in [-0.2, 0) is 21.4 Å². The number of hydrogen-bond acceptors (Lipinski definition) is 6. The van der Waals surface area contributed by atoms with Gasteiger partial charge in [0.1, 0.15) is 5.82 Å². The average Bonchev–Trinajstić information content (AvgIpc) is 2.81. The molecule has 33 heavy (non-hydrogen) atoms. The van der Waals surface area contributed by atoms with Crippen LogP contribution < -0.4 is 21.1 Å². The molecule has 3 aromatic rings. The zero-order chi connectivity index (χ0) is 24.0. The number of halogens is 1. The summed E-state index contributed by atoms with van der Waals surface area (Å²) in [6.07, 6.45) is 0.0822. The Hall–Kier alpha value is -3.64. The van der Waals surface area contributed by atoms with Crippen molar-refractivity contribution in [3.63, 3.8) is 0 Å². The number of amides is 2. The van der Waals surface area contributed by atoms with E-state index >= 15 is 0 Å². The molecule has 0 bridgehead atoms. The zero-order valence-electron chi connectivity index (χ0n) is 17.7. The molecule has 0 radical (unpaired) electrons. The maximum atomic E-state index is 12.9. The van der Waals surface area contributed by atoms with Crippen molar-refractivity contribution in [2.45, 2.75) is 31.2 Å². The number of benzene rings is 2. The van der Waals surface area contributed by atoms with E-state index in [1.807, 2.05) is 0 Å². The Bertz CT molecular complexity index is 1340. The van der Waals surface area contributed by atoms with E-state index in [0.717, 1.165) is 28.9 Å². The number of fused-ring (bicyclic) bond motifs is 1. The molecule has 0 aliphatic carbocycles. The minimum atomic E-state index is -3.82. The van der Waals surface area contributed by atoms with E-state index in [4.69, 9.17) is 0 Å². The van der Waals surface area contributed by atoms with Crippen molar-refractivity contribution in [2.75, 3.05) is 6.54 Å². The number of hydrazine groups is 1. The van der Waals surface area contributed by atoms with E-state index in [2.05, 4.69) is 20.7 Å². The summed E-state index contributed by atoms with van der Waals surface area (Å²) in [6.45, 7) is 1.95. The summed E-state index contributed by atoms with van der Waals surface area (Å²) >= 11 is 0. The van der Waals surface area contributed by atoms with Gasteiger partial charge >= 0.3 is 0 Å². The van der Waals surface area contributed by atoms with Crippen molar-refractivity contribution in [3.8, 4) is 0 Å². The second kappa shape index (κ2) is 10.3. The van der Waals surface area contributed by atoms with Crippen molar-refractivity contribution in [3.05, 3.63) is 70.4 Å². The van der Waals surface area contributed by atoms with Gasteiger partial charge in [0.2, 0.25) is 15.9 Å². The van der Waals surface area contributed by atoms with Gasteiger partial charge in [-0.25, -0.2) is 22.2 Å². The molecule has 10 nitrogen and oxygen atoms in total. The van der Waals surface area contributed by atoms with Crippen molar-refractivity contribution in [2.24, 2.45) is 0 Å². The van der Waals surface area contributed by atoms with Crippen LogP contribution in [0.5, 0.6) is 0 Å². The standard InChI is InChI=1S/C21H22FN5O5S/c1-2-27-21(30)17-7-4-3-6-16(17)19(26-27)20(29)25-24-18(28)8-5-13-23-33(31,32)15-11-9-14(22)10-12-15/h3-4,6-7,9-12,23H,2,5,8,13H2,1H3,(H,24,28)(H,25,29). The third-order valence-corrected chi connectivity index (χ3v) is 6.17. The van der Waals surface area contributed by atoms with Gasteiger partial charge in [-0.1, -0.05) is 18.2 Å². The van der Waals surface area contributed by atoms with Crippen LogP contribution in [0.3, 0.4) is 0 Å². The number of nitrogens with zero attached hydrogens (tertiary/aromatic N) is 2. The van der Waals surface area contributed by atoms with Gasteiger partial charge in [-0.05, 0) is 43.7 Å². The smallest absolute Gasteiger partial charge is 0.273 e. The van der Waals surface area contributed by atoms with Crippen LogP contribution in [0, 0.1) is 5.82 Å². The summed E-state index contributed by atoms with van der Waals surface area (Å²) in [7, 11) is -3.82. The Balaban J connectivity index is 1.53. The van der Waals surface area contributed by atoms with Crippen LogP contribution in [0.15, 0.2) is 58.2 Å². The Morgan fingerprint density at radius 1 is 1.03 bits per heavy atom. The second-order valence-corrected chi connectivity index (χ2v) is 8.74. The van der Waals surface area contributed by atoms with E-state index in [-0.39, 0.29) is 42.1 Å². The fourth-order valence-corrected chi connectivity index (χ4v) is 4.09. The Kier molecular flexibility index (Phi) is 7.51. The molecule has 0 fully saturated rings. The number of aryl methyl sites for hydroxylation is 1. The normalized spacial score (nSPS) is 11.3. The third kappa shape index (κ3) is 5.79. The largest absolute Gasteiger partial charge is 0.290 e. The molecule has 0 saturated carbocycles. The quantitative estimate of drug-likeness (QED) is 0.329. The Morgan fingerprint density at radius 3 is 2.36 bits per heavy atom. The number of nitrogens with one attached hydrogen (secondary N) is 3. The predicted molar refractivity (Wildman–Crippen MR) is 118 cm³/mol. The summed E-state index contributed by atoms with van der Waals surface area (Å²) in [6, 6.07) is 10.9. The molecule has 0 unspecified atom stereocenters. The van der Waals surface area contributed by atoms with E-state index < -0.39 is 27.7 Å². The van der Waals surface area contributed by atoms with Gasteiger partial charge in [0.05, 0.1) is 10.3 Å². The fraction of sp³-hybridized carbons (Fsp3) is 0.238. The maximum absolute atomic E-state index is 12.9. The lowest BCUT2D eigenvalue weighted by atomic mass is 10.1. The second-order valence-electron chi connectivity index (χ2n) is 6.97. The van der Waals surface area contributed by atoms with Gasteiger partial charge in [-0.2, -0.15) is 5.10 Å². The van der Waals surface area contributed by atoms with Crippen molar-refractivity contribution >= 4 is 32.6 Å². The van der Waals surface area contributed by atoms with Gasteiger partial charge in [0.15, 0.2) is 5.69 Å². The van der Waals surface area contributed by atoms with Gasteiger partial charge in [0, 0.05) is 24.9 Å². The first-order valence-corrected chi connectivity index (χ1v) is 11.6. The Labute approximate surface area is 188 Å². The van der Waals surface area contributed by atoms with Crippen LogP contribution >= 0.6 is 0 Å². The lowest BCUT2D eigenvalue weighted by molar-refractivity contribution is -0.121. The van der Waals surface area contributed by atoms with Gasteiger partial charge in [0.25, 0.3) is 11.5 Å². The van der Waals surface area contributed by atoms with Gasteiger partial charge < -0.3 is 0 Å². The lowest BCUT2D eigenvalue weighted by Crippen LogP contribution is -2.43. The third-order valence-electron chi connectivity index (χ3n) is 4.69. The first kappa shape index (κ1) is 24.0. The molecule has 0 saturated heterocycles. The van der Waals surface area contributed by atoms with Crippen LogP contribution in [0.25, 0.3) is 10.8 Å². The molecule has 3 N–H and O–H groups in total. The van der Waals surface area contributed by atoms with Gasteiger partial charge in [-0.3, -0.25) is 25.2 Å². The summed E-state index contributed by atoms with van der Waals surface area (Å²) < 4.78 is 40.7. The number of rotatable bonds is 8. The van der Waals surface area contributed by atoms with Gasteiger partial charge in [-0.15, -0.1) is 0 Å². The molecule has 0 spiro atoms. The van der Waals surface area contributed by atoms with Crippen LogP contribution in [0.4, 0.5) is 4.39 Å². The first-order valence-electron chi connectivity index (χ1n) is 10.1. The van der Waals surface area contributed by atoms with Crippen LogP contribution in [0.1, 0.15) is 30.3 Å². The van der Waals surface area contributed by atoms with E-state index in [9.17, 15) is 27.2 Å². The maximum Gasteiger partial charge on any atom is 0.290 e. The molecule has 2 amide bonds. The number of aromatic nitrogens is 2. The molecule has 1 aromatic heterocycles. The van der Waals surface area contributed by atoms with E-state index in [1.54, 1.807) is 31.2 Å². The molecule has 0 atom stereocenters. The van der Waals surface area contributed by atoms with Crippen LogP contribution in [-0.4, -0.2) is 36.6 Å². The number of hydrogen-bond donors (Lipinski definition) is 3. The number of carbonyl (C=O) groups excluding carboxylic acids is 2. The number of sulfonamides is 1. The van der Waals surface area contributed by atoms with Crippen molar-refractivity contribution < 1.29 is 22.4 Å². The highest BCUT2D eigenvalue weighted by Crippen LogP contribution is 2.13. The summed E-state index contributed by atoms with van der Waals surface area (Å²) in [5, 5.41) is 4.76. The van der Waals surface area contributed by atoms with E-state index in [1.165, 1.54) is 0 Å². The molecule has 3 rings (SSSR count). The highest BCUT2D eigenvalue weighted by molar-refractivity contribution is 7.89. The zero-order valence-corrected chi connectivity index (χ0v) is 18.5. The van der Waals surface area contributed by atoms with Crippen molar-refractivity contribution in [1.29, 1.82) is 0 Å². The molecule has 2 aromatic carbocycles. The molecule has 0 aliphatic heterocycles. The summed E-state index contributed by atoms with van der Waals surface area (Å²) in [5.41, 5.74) is 4.17. The molecule has 1 heterocycles. The minimum absolute atomic E-state index is 0.0144. The number of carbonyl (C=O) groups is 2. The Morgan fingerprint density at radius 2 is 1.70 bits per heavy atom. The first-order chi connectivity index (χ1) is 15.7. The molecular weight excluding hydrogens is 453 g/mol.